The average Bonchev–Trinajstić information content (AvgIpc) is 2.99. The molecule has 0 aliphatic carbocycles. The van der Waals surface area contributed by atoms with E-state index in [1.54, 1.807) is 0 Å². The van der Waals surface area contributed by atoms with E-state index in [-0.39, 0.29) is 0 Å². The van der Waals surface area contributed by atoms with Crippen LogP contribution in [0.4, 0.5) is 0 Å². The van der Waals surface area contributed by atoms with Gasteiger partial charge < -0.3 is 18.1 Å². The Morgan fingerprint density at radius 3 is 1.05 bits per heavy atom. The van der Waals surface area contributed by atoms with Crippen LogP contribution in [0.3, 0.4) is 0 Å². The Morgan fingerprint density at radius 2 is 0.952 bits per heavy atom. The second-order valence-electron chi connectivity index (χ2n) is 6.59. The summed E-state index contributed by atoms with van der Waals surface area (Å²) in [6.45, 7) is 12.9. The van der Waals surface area contributed by atoms with Crippen molar-refractivity contribution >= 4 is 10.4 Å². The maximum absolute atomic E-state index is 8.52. The molecule has 2 aliphatic rings. The van der Waals surface area contributed by atoms with Crippen LogP contribution in [0.15, 0.2) is 0 Å². The van der Waals surface area contributed by atoms with Crippen LogP contribution >= 0.6 is 0 Å². The number of hydrogen-bond donors (Lipinski definition) is 0. The van der Waals surface area contributed by atoms with E-state index in [9.17, 15) is 0 Å². The van der Waals surface area contributed by atoms with E-state index >= 15 is 0 Å². The minimum atomic E-state index is -5.17. The third-order valence-corrected chi connectivity index (χ3v) is 4.82. The molecule has 0 amide bonds. The van der Waals surface area contributed by atoms with Crippen LogP contribution in [0.5, 0.6) is 0 Å². The predicted molar refractivity (Wildman–Crippen MR) is 81.9 cm³/mol. The van der Waals surface area contributed by atoms with Crippen LogP contribution < -0.4 is 0 Å². The third-order valence-electron chi connectivity index (χ3n) is 4.82. The Balaban J connectivity index is 0.000000296. The molecule has 2 aliphatic heterocycles. The van der Waals surface area contributed by atoms with Crippen LogP contribution in [0.1, 0.15) is 39.5 Å². The fraction of sp³-hybridized carbons (Fsp3) is 1.00. The van der Waals surface area contributed by atoms with Crippen molar-refractivity contribution in [2.24, 2.45) is 0 Å². The highest BCUT2D eigenvalue weighted by atomic mass is 32.3. The molecule has 0 aromatic rings. The molecular weight excluding hydrogens is 292 g/mol. The van der Waals surface area contributed by atoms with E-state index in [0.717, 1.165) is 0 Å². The normalized spacial score (nSPS) is 22.8. The molecule has 0 radical (unpaired) electrons. The SMILES string of the molecule is CC[N+]1(C)CCCC1.CC[N+]1(C)CCCC1.O=S(=O)([O-])[O-]. The van der Waals surface area contributed by atoms with Gasteiger partial charge >= 0.3 is 0 Å². The molecule has 0 spiro atoms. The van der Waals surface area contributed by atoms with Gasteiger partial charge in [0.15, 0.2) is 0 Å². The molecule has 0 unspecified atom stereocenters. The summed E-state index contributed by atoms with van der Waals surface area (Å²) in [7, 11) is -0.458. The Hall–Kier alpha value is -0.210. The van der Waals surface area contributed by atoms with E-state index < -0.39 is 10.4 Å². The highest BCUT2D eigenvalue weighted by Crippen LogP contribution is 2.15. The maximum atomic E-state index is 8.52. The molecule has 2 rings (SSSR count). The molecule has 0 N–H and O–H groups in total. The Morgan fingerprint density at radius 1 is 0.762 bits per heavy atom. The lowest BCUT2D eigenvalue weighted by molar-refractivity contribution is -0.895. The van der Waals surface area contributed by atoms with Gasteiger partial charge in [-0.2, -0.15) is 0 Å². The average molecular weight is 324 g/mol. The first-order chi connectivity index (χ1) is 9.54. The van der Waals surface area contributed by atoms with E-state index in [2.05, 4.69) is 27.9 Å². The maximum Gasteiger partial charge on any atom is 0.0786 e. The molecule has 7 heteroatoms. The van der Waals surface area contributed by atoms with Crippen molar-refractivity contribution in [3.63, 3.8) is 0 Å². The zero-order valence-corrected chi connectivity index (χ0v) is 14.8. The first-order valence-electron chi connectivity index (χ1n) is 7.87. The summed E-state index contributed by atoms with van der Waals surface area (Å²) in [4.78, 5) is 0. The zero-order chi connectivity index (χ0) is 16.6. The van der Waals surface area contributed by atoms with Crippen LogP contribution in [-0.2, 0) is 10.4 Å². The van der Waals surface area contributed by atoms with Crippen molar-refractivity contribution in [3.8, 4) is 0 Å². The van der Waals surface area contributed by atoms with Gasteiger partial charge in [-0.3, -0.25) is 8.42 Å². The second kappa shape index (κ2) is 9.05. The van der Waals surface area contributed by atoms with E-state index in [1.807, 2.05) is 0 Å². The topological polar surface area (TPSA) is 80.3 Å². The van der Waals surface area contributed by atoms with Crippen molar-refractivity contribution in [3.05, 3.63) is 0 Å². The van der Waals surface area contributed by atoms with E-state index in [4.69, 9.17) is 17.5 Å². The minimum absolute atomic E-state index is 1.32. The predicted octanol–water partition coefficient (Wildman–Crippen LogP) is 1.16. The van der Waals surface area contributed by atoms with Crippen LogP contribution in [0, 0.1) is 0 Å². The molecule has 0 aromatic heterocycles. The molecule has 2 heterocycles. The van der Waals surface area contributed by atoms with Crippen molar-refractivity contribution in [2.75, 3.05) is 53.4 Å². The van der Waals surface area contributed by atoms with Gasteiger partial charge in [0.25, 0.3) is 0 Å². The fourth-order valence-corrected chi connectivity index (χ4v) is 2.83. The van der Waals surface area contributed by atoms with Gasteiger partial charge in [0.2, 0.25) is 0 Å². The summed E-state index contributed by atoms with van der Waals surface area (Å²) in [6.07, 6.45) is 5.80. The molecular formula is C14H32N2O4S. The van der Waals surface area contributed by atoms with Crippen molar-refractivity contribution in [2.45, 2.75) is 39.5 Å². The Kier molecular flexibility index (Phi) is 8.96. The fourth-order valence-electron chi connectivity index (χ4n) is 2.83. The third kappa shape index (κ3) is 11.1. The molecule has 0 bridgehead atoms. The summed E-state index contributed by atoms with van der Waals surface area (Å²) in [5.74, 6) is 0. The number of rotatable bonds is 2. The van der Waals surface area contributed by atoms with E-state index in [1.165, 1.54) is 73.9 Å². The summed E-state index contributed by atoms with van der Waals surface area (Å²) < 4.78 is 36.7. The number of nitrogens with zero attached hydrogens (tertiary/aromatic N) is 2. The quantitative estimate of drug-likeness (QED) is 0.433. The Bertz CT molecular complexity index is 342. The van der Waals surface area contributed by atoms with Gasteiger partial charge in [0.05, 0.1) is 53.4 Å². The highest BCUT2D eigenvalue weighted by molar-refractivity contribution is 7.79. The first-order valence-corrected chi connectivity index (χ1v) is 9.21. The van der Waals surface area contributed by atoms with Crippen LogP contribution in [0.2, 0.25) is 0 Å². The highest BCUT2D eigenvalue weighted by Gasteiger charge is 2.24. The summed E-state index contributed by atoms with van der Waals surface area (Å²) in [5.41, 5.74) is 0. The van der Waals surface area contributed by atoms with Gasteiger partial charge in [-0.25, -0.2) is 0 Å². The smallest absolute Gasteiger partial charge is 0.0786 e. The van der Waals surface area contributed by atoms with Crippen molar-refractivity contribution < 1.29 is 26.5 Å². The number of hydrogen-bond acceptors (Lipinski definition) is 4. The van der Waals surface area contributed by atoms with Gasteiger partial charge in [-0.1, -0.05) is 0 Å². The van der Waals surface area contributed by atoms with Gasteiger partial charge in [0.1, 0.15) is 0 Å². The number of likely N-dealkylation sites (tertiary alicyclic amines) is 2. The molecule has 2 fully saturated rings. The largest absolute Gasteiger partial charge is 0.759 e. The summed E-state index contributed by atoms with van der Waals surface area (Å²) >= 11 is 0. The van der Waals surface area contributed by atoms with Crippen LogP contribution in [-0.4, -0.2) is 79.9 Å². The first kappa shape index (κ1) is 20.8. The van der Waals surface area contributed by atoms with Gasteiger partial charge in [-0.15, -0.1) is 0 Å². The molecule has 0 atom stereocenters. The van der Waals surface area contributed by atoms with Crippen molar-refractivity contribution in [1.29, 1.82) is 0 Å². The lowest BCUT2D eigenvalue weighted by atomic mass is 10.4. The zero-order valence-electron chi connectivity index (χ0n) is 14.0. The Labute approximate surface area is 130 Å². The lowest BCUT2D eigenvalue weighted by Gasteiger charge is -2.26. The molecule has 21 heavy (non-hydrogen) atoms. The minimum Gasteiger partial charge on any atom is -0.759 e. The standard InChI is InChI=1S/2C7H16N.H2O4S/c2*1-3-8(2)6-4-5-7-8;1-5(2,3)4/h2*3-7H2,1-2H3;(H2,1,2,3,4)/q2*+1;/p-2. The number of quaternary nitrogens is 2. The molecule has 0 saturated carbocycles. The summed E-state index contributed by atoms with van der Waals surface area (Å²) in [6, 6.07) is 0. The van der Waals surface area contributed by atoms with Gasteiger partial charge in [-0.05, 0) is 13.8 Å². The lowest BCUT2D eigenvalue weighted by Crippen LogP contribution is -2.40. The molecule has 2 saturated heterocycles. The monoisotopic (exact) mass is 324 g/mol. The molecule has 128 valence electrons. The molecule has 6 nitrogen and oxygen atoms in total. The second-order valence-corrected chi connectivity index (χ2v) is 7.40. The van der Waals surface area contributed by atoms with E-state index in [0.29, 0.717) is 0 Å². The molecule has 0 aromatic carbocycles. The summed E-state index contributed by atoms with van der Waals surface area (Å²) in [5, 5.41) is 0. The van der Waals surface area contributed by atoms with Gasteiger partial charge in [0, 0.05) is 36.1 Å². The van der Waals surface area contributed by atoms with Crippen LogP contribution in [0.25, 0.3) is 0 Å². The van der Waals surface area contributed by atoms with Crippen molar-refractivity contribution in [1.82, 2.24) is 0 Å².